The molecule has 5 aliphatic rings. The minimum Gasteiger partial charge on any atom is -0.384 e. The number of nitrogen functional groups attached to an aromatic ring is 1. The average Bonchev–Trinajstić information content (AvgIpc) is 4.21. The molecule has 18 nitrogen and oxygen atoms in total. The number of nitrogens with one attached hydrogen (secondary N) is 2. The Morgan fingerprint density at radius 2 is 1.64 bits per heavy atom. The molecule has 12 rings (SSSR count). The molecule has 0 radical (unpaired) electrons. The predicted molar refractivity (Wildman–Crippen MR) is 295 cm³/mol. The van der Waals surface area contributed by atoms with E-state index in [1.165, 1.54) is 16.7 Å². The third-order valence-corrected chi connectivity index (χ3v) is 16.2. The second kappa shape index (κ2) is 21.9. The summed E-state index contributed by atoms with van der Waals surface area (Å²) in [7, 11) is 0. The van der Waals surface area contributed by atoms with Crippen molar-refractivity contribution in [3.05, 3.63) is 137 Å². The first-order valence-electron chi connectivity index (χ1n) is 27.2. The Hall–Kier alpha value is -7.98. The number of imide groups is 1. The summed E-state index contributed by atoms with van der Waals surface area (Å²) in [4.78, 5) is 68.2. The summed E-state index contributed by atoms with van der Waals surface area (Å²) in [5.74, 6) is 8.96. The number of imidazole rings is 1. The van der Waals surface area contributed by atoms with Crippen LogP contribution in [0.5, 0.6) is 0 Å². The van der Waals surface area contributed by atoms with Gasteiger partial charge in [0.05, 0.1) is 30.5 Å². The van der Waals surface area contributed by atoms with Crippen LogP contribution < -0.4 is 21.3 Å². The predicted octanol–water partition coefficient (Wildman–Crippen LogP) is 5.95. The SMILES string of the molecule is Cc1nc2ccc(-c3ccnc(N)c3)nc2n1-c1ccc(CN2CCN(CC#Cc3ccc(N4CCC(C(=O)N5CCC(n6cc(CNc7cccc8c7CN(C7CCC(=O)NC7=O)C8)cn6)CC5)CC4)nc3)CC2)cc1. The van der Waals surface area contributed by atoms with Crippen LogP contribution in [0, 0.1) is 24.7 Å². The van der Waals surface area contributed by atoms with E-state index in [0.717, 1.165) is 148 Å². The van der Waals surface area contributed by atoms with E-state index in [-0.39, 0.29) is 35.7 Å². The number of hydrogen-bond donors (Lipinski definition) is 3. The minimum absolute atomic E-state index is 0.0341. The summed E-state index contributed by atoms with van der Waals surface area (Å²) in [5, 5.41) is 10.9. The van der Waals surface area contributed by atoms with E-state index in [4.69, 9.17) is 25.8 Å². The molecule has 0 spiro atoms. The second-order valence-corrected chi connectivity index (χ2v) is 21.2. The highest BCUT2D eigenvalue weighted by Gasteiger charge is 2.36. The molecule has 4 fully saturated rings. The van der Waals surface area contributed by atoms with Crippen LogP contribution in [0.1, 0.15) is 78.2 Å². The van der Waals surface area contributed by atoms with Gasteiger partial charge in [0.25, 0.3) is 0 Å². The first-order valence-corrected chi connectivity index (χ1v) is 27.2. The highest BCUT2D eigenvalue weighted by atomic mass is 16.2. The van der Waals surface area contributed by atoms with Gasteiger partial charge in [-0.15, -0.1) is 0 Å². The van der Waals surface area contributed by atoms with Gasteiger partial charge >= 0.3 is 0 Å². The van der Waals surface area contributed by atoms with E-state index in [1.54, 1.807) is 6.20 Å². The lowest BCUT2D eigenvalue weighted by Crippen LogP contribution is -2.50. The summed E-state index contributed by atoms with van der Waals surface area (Å²) >= 11 is 0. The molecule has 394 valence electrons. The molecule has 1 atom stereocenters. The molecule has 0 saturated carbocycles. The molecule has 5 aromatic heterocycles. The number of aromatic nitrogens is 7. The number of carbonyl (C=O) groups is 3. The van der Waals surface area contributed by atoms with Crippen LogP contribution in [-0.2, 0) is 40.6 Å². The van der Waals surface area contributed by atoms with Gasteiger partial charge in [-0.05, 0) is 110 Å². The first kappa shape index (κ1) is 49.9. The lowest BCUT2D eigenvalue weighted by Gasteiger charge is -2.37. The van der Waals surface area contributed by atoms with Crippen molar-refractivity contribution in [1.82, 2.24) is 59.2 Å². The zero-order valence-electron chi connectivity index (χ0n) is 43.7. The lowest BCUT2D eigenvalue weighted by molar-refractivity contribution is -0.138. The third kappa shape index (κ3) is 11.0. The molecular formula is C59H65N15O3. The molecule has 4 N–H and O–H groups in total. The number of nitrogens with two attached hydrogens (primary N) is 1. The van der Waals surface area contributed by atoms with Crippen molar-refractivity contribution in [3.8, 4) is 28.8 Å². The maximum atomic E-state index is 13.8. The molecule has 77 heavy (non-hydrogen) atoms. The molecule has 1 unspecified atom stereocenters. The Morgan fingerprint density at radius 1 is 0.818 bits per heavy atom. The third-order valence-electron chi connectivity index (χ3n) is 16.2. The Balaban J connectivity index is 0.551. The van der Waals surface area contributed by atoms with Crippen LogP contribution in [0.2, 0.25) is 0 Å². The van der Waals surface area contributed by atoms with Crippen molar-refractivity contribution in [2.45, 2.75) is 83.7 Å². The van der Waals surface area contributed by atoms with Crippen molar-refractivity contribution < 1.29 is 14.4 Å². The van der Waals surface area contributed by atoms with E-state index in [2.05, 4.69) is 122 Å². The lowest BCUT2D eigenvalue weighted by atomic mass is 9.93. The van der Waals surface area contributed by atoms with Gasteiger partial charge in [0.2, 0.25) is 17.7 Å². The van der Waals surface area contributed by atoms with Crippen molar-refractivity contribution in [2.24, 2.45) is 5.92 Å². The van der Waals surface area contributed by atoms with Gasteiger partial charge in [-0.25, -0.2) is 19.9 Å². The molecule has 10 heterocycles. The fraction of sp³-hybridized carbons (Fsp3) is 0.390. The smallest absolute Gasteiger partial charge is 0.243 e. The van der Waals surface area contributed by atoms with Gasteiger partial charge in [-0.1, -0.05) is 36.1 Å². The molecule has 18 heteroatoms. The van der Waals surface area contributed by atoms with Crippen LogP contribution in [0.25, 0.3) is 28.1 Å². The van der Waals surface area contributed by atoms with Gasteiger partial charge in [0, 0.05) is 138 Å². The van der Waals surface area contributed by atoms with Crippen LogP contribution in [0.4, 0.5) is 17.3 Å². The van der Waals surface area contributed by atoms with Crippen molar-refractivity contribution in [3.63, 3.8) is 0 Å². The first-order chi connectivity index (χ1) is 37.6. The van der Waals surface area contributed by atoms with Crippen LogP contribution in [-0.4, -0.2) is 137 Å². The summed E-state index contributed by atoms with van der Waals surface area (Å²) < 4.78 is 4.19. The maximum Gasteiger partial charge on any atom is 0.243 e. The number of piperidine rings is 3. The number of amides is 3. The van der Waals surface area contributed by atoms with E-state index >= 15 is 0 Å². The molecule has 0 bridgehead atoms. The van der Waals surface area contributed by atoms with Crippen molar-refractivity contribution in [2.75, 3.05) is 74.9 Å². The van der Waals surface area contributed by atoms with Gasteiger partial charge in [0.15, 0.2) is 5.65 Å². The van der Waals surface area contributed by atoms with E-state index in [1.807, 2.05) is 43.6 Å². The highest BCUT2D eigenvalue weighted by Crippen LogP contribution is 2.34. The Morgan fingerprint density at radius 3 is 2.42 bits per heavy atom. The number of benzene rings is 2. The van der Waals surface area contributed by atoms with Crippen LogP contribution in [0.15, 0.2) is 104 Å². The number of carbonyl (C=O) groups excluding carboxylic acids is 3. The summed E-state index contributed by atoms with van der Waals surface area (Å²) in [5.41, 5.74) is 17.2. The molecule has 5 aliphatic heterocycles. The van der Waals surface area contributed by atoms with Crippen molar-refractivity contribution in [1.29, 1.82) is 0 Å². The van der Waals surface area contributed by atoms with Gasteiger partial charge < -0.3 is 20.9 Å². The van der Waals surface area contributed by atoms with Crippen LogP contribution in [0.3, 0.4) is 0 Å². The van der Waals surface area contributed by atoms with E-state index in [9.17, 15) is 14.4 Å². The summed E-state index contributed by atoms with van der Waals surface area (Å²) in [6.07, 6.45) is 12.0. The number of aryl methyl sites for hydroxylation is 1. The van der Waals surface area contributed by atoms with Crippen molar-refractivity contribution >= 4 is 46.2 Å². The minimum atomic E-state index is -0.284. The Labute approximate surface area is 448 Å². The fourth-order valence-electron chi connectivity index (χ4n) is 11.9. The number of anilines is 3. The van der Waals surface area contributed by atoms with E-state index in [0.29, 0.717) is 38.3 Å². The number of likely N-dealkylation sites (tertiary alicyclic amines) is 1. The maximum absolute atomic E-state index is 13.8. The van der Waals surface area contributed by atoms with Gasteiger partial charge in [0.1, 0.15) is 23.0 Å². The normalized spacial score (nSPS) is 19.1. The molecular weight excluding hydrogens is 967 g/mol. The Kier molecular flexibility index (Phi) is 14.2. The molecule has 7 aromatic rings. The van der Waals surface area contributed by atoms with Crippen LogP contribution >= 0.6 is 0 Å². The second-order valence-electron chi connectivity index (χ2n) is 21.2. The zero-order chi connectivity index (χ0) is 52.4. The monoisotopic (exact) mass is 1030 g/mol. The summed E-state index contributed by atoms with van der Waals surface area (Å²) in [6.45, 7) is 12.7. The molecule has 2 aromatic carbocycles. The number of hydrogen-bond acceptors (Lipinski definition) is 14. The largest absolute Gasteiger partial charge is 0.384 e. The fourth-order valence-corrected chi connectivity index (χ4v) is 11.9. The molecule has 4 saturated heterocycles. The molecule has 0 aliphatic carbocycles. The zero-order valence-corrected chi connectivity index (χ0v) is 43.7. The highest BCUT2D eigenvalue weighted by molar-refractivity contribution is 6.00. The van der Waals surface area contributed by atoms with Gasteiger partial charge in [-0.2, -0.15) is 5.10 Å². The summed E-state index contributed by atoms with van der Waals surface area (Å²) in [6, 6.07) is 26.8. The van der Waals surface area contributed by atoms with E-state index < -0.39 is 0 Å². The number of nitrogens with zero attached hydrogens (tertiary/aromatic N) is 12. The number of rotatable bonds is 12. The quantitative estimate of drug-likeness (QED) is 0.0962. The Bertz CT molecular complexity index is 3350. The number of fused-ring (bicyclic) bond motifs is 2. The van der Waals surface area contributed by atoms with Gasteiger partial charge in [-0.3, -0.25) is 43.6 Å². The number of pyridine rings is 3. The standard InChI is InChI=1S/C59H65N15O3/c1-40-65-52-13-12-50(45-17-22-61-54(60)32-45)66-57(52)74(40)48-10-7-42(8-11-48)36-69-30-28-68(29-31-69)23-3-4-41-9-15-55(63-33-41)70-24-18-44(19-25-70)59(77)71-26-20-47(21-27-71)73-37-43(35-64-73)34-62-51-6-2-5-46-38-72(39-49(46)51)53-14-16-56(75)67-58(53)76/h2,5-13,15,17,22,32-33,35,37,44,47,53,62H,14,16,18-21,23-31,34,36,38-39H2,1H3,(H2,60,61)(H,67,75,76). The molecule has 3 amide bonds. The topological polar surface area (TPSA) is 192 Å². The average molecular weight is 1030 g/mol. The number of piperazine rings is 1.